The molecule has 17 heavy (non-hydrogen) atoms. The fourth-order valence-electron chi connectivity index (χ4n) is 2.09. The van der Waals surface area contributed by atoms with E-state index >= 15 is 0 Å². The SMILES string of the molecule is CN1CCCCCCCCCCN/C=C\C1=O. The van der Waals surface area contributed by atoms with Crippen LogP contribution in [0.2, 0.25) is 0 Å². The Morgan fingerprint density at radius 2 is 1.59 bits per heavy atom. The molecule has 0 unspecified atom stereocenters. The van der Waals surface area contributed by atoms with Gasteiger partial charge in [-0.3, -0.25) is 4.79 Å². The van der Waals surface area contributed by atoms with Crippen molar-refractivity contribution < 1.29 is 4.79 Å². The van der Waals surface area contributed by atoms with Gasteiger partial charge in [0, 0.05) is 32.4 Å². The molecule has 0 aromatic heterocycles. The highest BCUT2D eigenvalue weighted by atomic mass is 16.2. The first-order valence-corrected chi connectivity index (χ1v) is 6.96. The van der Waals surface area contributed by atoms with E-state index in [0.717, 1.165) is 19.5 Å². The van der Waals surface area contributed by atoms with Crippen molar-refractivity contribution in [3.63, 3.8) is 0 Å². The van der Waals surface area contributed by atoms with Gasteiger partial charge in [0.05, 0.1) is 0 Å². The Labute approximate surface area is 105 Å². The second-order valence-corrected chi connectivity index (χ2v) is 4.88. The highest BCUT2D eigenvalue weighted by molar-refractivity contribution is 5.87. The summed E-state index contributed by atoms with van der Waals surface area (Å²) in [6.45, 7) is 1.86. The molecule has 0 fully saturated rings. The minimum absolute atomic E-state index is 0.104. The van der Waals surface area contributed by atoms with Crippen LogP contribution in [-0.2, 0) is 4.79 Å². The first-order chi connectivity index (χ1) is 8.30. The molecule has 1 aliphatic heterocycles. The minimum atomic E-state index is 0.104. The van der Waals surface area contributed by atoms with Gasteiger partial charge < -0.3 is 10.2 Å². The van der Waals surface area contributed by atoms with Gasteiger partial charge in [-0.2, -0.15) is 0 Å². The number of likely N-dealkylation sites (N-methyl/N-ethyl adjacent to an activating group) is 1. The van der Waals surface area contributed by atoms with Crippen molar-refractivity contribution in [2.75, 3.05) is 20.1 Å². The summed E-state index contributed by atoms with van der Waals surface area (Å²) in [5, 5.41) is 3.18. The summed E-state index contributed by atoms with van der Waals surface area (Å²) < 4.78 is 0. The van der Waals surface area contributed by atoms with Gasteiger partial charge in [0.1, 0.15) is 0 Å². The summed E-state index contributed by atoms with van der Waals surface area (Å²) in [5.41, 5.74) is 0. The van der Waals surface area contributed by atoms with Crippen LogP contribution in [0.1, 0.15) is 51.4 Å². The zero-order chi connectivity index (χ0) is 12.3. The molecule has 0 saturated carbocycles. The van der Waals surface area contributed by atoms with Gasteiger partial charge in [-0.1, -0.05) is 38.5 Å². The first kappa shape index (κ1) is 14.1. The predicted octanol–water partition coefficient (Wildman–Crippen LogP) is 2.68. The van der Waals surface area contributed by atoms with Crippen LogP contribution in [0.5, 0.6) is 0 Å². The van der Waals surface area contributed by atoms with Crippen molar-refractivity contribution in [3.05, 3.63) is 12.3 Å². The van der Waals surface area contributed by atoms with Crippen LogP contribution in [0, 0.1) is 0 Å². The molecule has 0 saturated heterocycles. The van der Waals surface area contributed by atoms with Crippen molar-refractivity contribution in [2.45, 2.75) is 51.4 Å². The second kappa shape index (κ2) is 9.08. The number of hydrogen-bond donors (Lipinski definition) is 1. The van der Waals surface area contributed by atoms with E-state index in [1.165, 1.54) is 44.9 Å². The molecule has 1 heterocycles. The van der Waals surface area contributed by atoms with Gasteiger partial charge in [0.2, 0.25) is 5.91 Å². The summed E-state index contributed by atoms with van der Waals surface area (Å²) >= 11 is 0. The molecule has 0 aromatic carbocycles. The normalized spacial score (nSPS) is 23.4. The highest BCUT2D eigenvalue weighted by Gasteiger charge is 2.03. The molecular weight excluding hydrogens is 212 g/mol. The number of carbonyl (C=O) groups excluding carboxylic acids is 1. The zero-order valence-electron chi connectivity index (χ0n) is 11.1. The van der Waals surface area contributed by atoms with Crippen LogP contribution in [0.25, 0.3) is 0 Å². The quantitative estimate of drug-likeness (QED) is 0.703. The molecule has 98 valence electrons. The van der Waals surface area contributed by atoms with Crippen molar-refractivity contribution >= 4 is 5.91 Å². The largest absolute Gasteiger partial charge is 0.391 e. The summed E-state index contributed by atoms with van der Waals surface area (Å²) in [6, 6.07) is 0. The monoisotopic (exact) mass is 238 g/mol. The molecular formula is C14H26N2O. The predicted molar refractivity (Wildman–Crippen MR) is 71.7 cm³/mol. The molecule has 0 bridgehead atoms. The summed E-state index contributed by atoms with van der Waals surface area (Å²) in [7, 11) is 1.88. The van der Waals surface area contributed by atoms with Crippen molar-refractivity contribution in [1.82, 2.24) is 10.2 Å². The van der Waals surface area contributed by atoms with Gasteiger partial charge >= 0.3 is 0 Å². The minimum Gasteiger partial charge on any atom is -0.391 e. The van der Waals surface area contributed by atoms with Crippen LogP contribution in [0.3, 0.4) is 0 Å². The van der Waals surface area contributed by atoms with Crippen molar-refractivity contribution in [3.8, 4) is 0 Å². The van der Waals surface area contributed by atoms with Gasteiger partial charge in [-0.25, -0.2) is 0 Å². The number of hydrogen-bond acceptors (Lipinski definition) is 2. The molecule has 3 heteroatoms. The molecule has 0 atom stereocenters. The average Bonchev–Trinajstić information content (AvgIpc) is 2.34. The Hall–Kier alpha value is -0.990. The number of amides is 1. The van der Waals surface area contributed by atoms with E-state index in [4.69, 9.17) is 0 Å². The third-order valence-corrected chi connectivity index (χ3v) is 3.28. The lowest BCUT2D eigenvalue weighted by Gasteiger charge is -2.14. The Morgan fingerprint density at radius 1 is 1.00 bits per heavy atom. The average molecular weight is 238 g/mol. The zero-order valence-corrected chi connectivity index (χ0v) is 11.1. The first-order valence-electron chi connectivity index (χ1n) is 6.96. The van der Waals surface area contributed by atoms with E-state index in [0.29, 0.717) is 0 Å². The maximum Gasteiger partial charge on any atom is 0.247 e. The van der Waals surface area contributed by atoms with E-state index in [2.05, 4.69) is 5.32 Å². The van der Waals surface area contributed by atoms with Gasteiger partial charge in [0.15, 0.2) is 0 Å². The lowest BCUT2D eigenvalue weighted by molar-refractivity contribution is -0.124. The Balaban J connectivity index is 2.32. The summed E-state index contributed by atoms with van der Waals surface area (Å²) in [4.78, 5) is 13.5. The molecule has 1 amide bonds. The summed E-state index contributed by atoms with van der Waals surface area (Å²) in [5.74, 6) is 0.104. The van der Waals surface area contributed by atoms with Crippen LogP contribution in [0.15, 0.2) is 12.3 Å². The fourth-order valence-corrected chi connectivity index (χ4v) is 2.09. The second-order valence-electron chi connectivity index (χ2n) is 4.88. The number of carbonyl (C=O) groups is 1. The number of nitrogens with one attached hydrogen (secondary N) is 1. The third kappa shape index (κ3) is 7.03. The van der Waals surface area contributed by atoms with E-state index < -0.39 is 0 Å². The number of rotatable bonds is 0. The summed E-state index contributed by atoms with van der Waals surface area (Å²) in [6.07, 6.45) is 13.7. The molecule has 0 spiro atoms. The van der Waals surface area contributed by atoms with Gasteiger partial charge in [-0.15, -0.1) is 0 Å². The number of nitrogens with zero attached hydrogens (tertiary/aromatic N) is 1. The molecule has 0 radical (unpaired) electrons. The highest BCUT2D eigenvalue weighted by Crippen LogP contribution is 2.09. The third-order valence-electron chi connectivity index (χ3n) is 3.28. The molecule has 1 N–H and O–H groups in total. The van der Waals surface area contributed by atoms with E-state index in [-0.39, 0.29) is 5.91 Å². The van der Waals surface area contributed by atoms with Crippen LogP contribution < -0.4 is 5.32 Å². The van der Waals surface area contributed by atoms with Crippen molar-refractivity contribution in [1.29, 1.82) is 0 Å². The van der Waals surface area contributed by atoms with Crippen LogP contribution >= 0.6 is 0 Å². The van der Waals surface area contributed by atoms with E-state index in [1.54, 1.807) is 17.2 Å². The topological polar surface area (TPSA) is 32.3 Å². The van der Waals surface area contributed by atoms with Crippen molar-refractivity contribution in [2.24, 2.45) is 0 Å². The Morgan fingerprint density at radius 3 is 2.29 bits per heavy atom. The Kier molecular flexibility index (Phi) is 7.52. The van der Waals surface area contributed by atoms with Gasteiger partial charge in [0.25, 0.3) is 0 Å². The Bertz CT molecular complexity index is 238. The van der Waals surface area contributed by atoms with Crippen LogP contribution in [-0.4, -0.2) is 30.9 Å². The molecule has 1 rings (SSSR count). The van der Waals surface area contributed by atoms with E-state index in [9.17, 15) is 4.79 Å². The lowest BCUT2D eigenvalue weighted by Crippen LogP contribution is -2.26. The van der Waals surface area contributed by atoms with E-state index in [1.807, 2.05) is 7.05 Å². The lowest BCUT2D eigenvalue weighted by atomic mass is 10.1. The molecule has 1 aliphatic rings. The molecule has 3 nitrogen and oxygen atoms in total. The molecule has 0 aliphatic carbocycles. The maximum atomic E-state index is 11.7. The fraction of sp³-hybridized carbons (Fsp3) is 0.786. The maximum absolute atomic E-state index is 11.7. The smallest absolute Gasteiger partial charge is 0.247 e. The van der Waals surface area contributed by atoms with Crippen LogP contribution in [0.4, 0.5) is 0 Å². The molecule has 0 aromatic rings. The standard InChI is InChI=1S/C14H26N2O/c1-16-13-9-7-5-3-2-4-6-8-11-15-12-10-14(16)17/h10,12,15H,2-9,11,13H2,1H3/b12-10-. The van der Waals surface area contributed by atoms with Gasteiger partial charge in [-0.05, 0) is 12.8 Å².